The van der Waals surface area contributed by atoms with Crippen LogP contribution in [-0.4, -0.2) is 37.8 Å². The monoisotopic (exact) mass is 400 g/mol. The first-order valence-corrected chi connectivity index (χ1v) is 10.6. The average molecular weight is 400 g/mol. The molecular weight excluding hydrogens is 376 g/mol. The minimum atomic E-state index is -0.146. The van der Waals surface area contributed by atoms with E-state index in [-0.39, 0.29) is 11.5 Å². The molecule has 1 saturated heterocycles. The lowest BCUT2D eigenvalue weighted by molar-refractivity contribution is 0.0751. The molecule has 0 N–H and O–H groups in total. The molecule has 5 rings (SSSR count). The first kappa shape index (κ1) is 18.6. The maximum Gasteiger partial charge on any atom is 0.270 e. The highest BCUT2D eigenvalue weighted by atomic mass is 16.2. The maximum atomic E-state index is 13.5. The molecule has 0 unspecified atom stereocenters. The van der Waals surface area contributed by atoms with E-state index >= 15 is 0 Å². The van der Waals surface area contributed by atoms with Gasteiger partial charge in [0.15, 0.2) is 0 Å². The topological polar surface area (TPSA) is 59.6 Å². The van der Waals surface area contributed by atoms with E-state index in [1.54, 1.807) is 12.3 Å². The number of nitrogens with zero attached hydrogens (tertiary/aromatic N) is 4. The van der Waals surface area contributed by atoms with Gasteiger partial charge >= 0.3 is 0 Å². The number of rotatable bonds is 3. The number of amides is 1. The molecule has 4 aromatic rings. The fraction of sp³-hybridized carbons (Fsp3) is 0.292. The minimum Gasteiger partial charge on any atom is -0.337 e. The van der Waals surface area contributed by atoms with E-state index in [1.807, 2.05) is 58.0 Å². The molecule has 0 bridgehead atoms. The molecule has 1 aliphatic rings. The Morgan fingerprint density at radius 2 is 1.67 bits per heavy atom. The van der Waals surface area contributed by atoms with Crippen LogP contribution in [0.2, 0.25) is 0 Å². The van der Waals surface area contributed by atoms with Crippen LogP contribution in [0.4, 0.5) is 0 Å². The molecule has 4 heterocycles. The predicted molar refractivity (Wildman–Crippen MR) is 117 cm³/mol. The zero-order chi connectivity index (χ0) is 20.5. The summed E-state index contributed by atoms with van der Waals surface area (Å²) in [5, 5.41) is 0.479. The zero-order valence-electron chi connectivity index (χ0n) is 16.8. The molecule has 6 nitrogen and oxygen atoms in total. The third-order valence-corrected chi connectivity index (χ3v) is 5.87. The van der Waals surface area contributed by atoms with Gasteiger partial charge in [0.1, 0.15) is 17.0 Å². The summed E-state index contributed by atoms with van der Waals surface area (Å²) in [6.07, 6.45) is 6.08. The Labute approximate surface area is 174 Å². The number of likely N-dealkylation sites (tertiary alicyclic amines) is 1. The lowest BCUT2D eigenvalue weighted by atomic mass is 10.2. The SMILES string of the molecule is O=C(c1cc2c(=O)n3ccccc3nc2n1Cc1ccccc1)N1CCCCCC1. The van der Waals surface area contributed by atoms with Crippen molar-refractivity contribution >= 4 is 22.6 Å². The van der Waals surface area contributed by atoms with Crippen molar-refractivity contribution in [2.24, 2.45) is 0 Å². The number of pyridine rings is 1. The molecule has 1 aliphatic heterocycles. The van der Waals surface area contributed by atoms with E-state index in [2.05, 4.69) is 0 Å². The normalized spacial score (nSPS) is 14.9. The lowest BCUT2D eigenvalue weighted by Crippen LogP contribution is -2.33. The third-order valence-electron chi connectivity index (χ3n) is 5.87. The highest BCUT2D eigenvalue weighted by molar-refractivity contribution is 5.98. The van der Waals surface area contributed by atoms with Gasteiger partial charge in [-0.05, 0) is 36.6 Å². The highest BCUT2D eigenvalue weighted by Gasteiger charge is 2.24. The average Bonchev–Trinajstić information content (AvgIpc) is 2.95. The van der Waals surface area contributed by atoms with Crippen molar-refractivity contribution in [1.29, 1.82) is 0 Å². The second-order valence-corrected chi connectivity index (χ2v) is 7.89. The number of carbonyl (C=O) groups is 1. The summed E-state index contributed by atoms with van der Waals surface area (Å²) < 4.78 is 3.45. The van der Waals surface area contributed by atoms with Crippen LogP contribution in [0.15, 0.2) is 65.6 Å². The first-order valence-electron chi connectivity index (χ1n) is 10.6. The maximum absolute atomic E-state index is 13.5. The Morgan fingerprint density at radius 3 is 2.43 bits per heavy atom. The summed E-state index contributed by atoms with van der Waals surface area (Å²) in [7, 11) is 0. The van der Waals surface area contributed by atoms with Crippen molar-refractivity contribution in [3.8, 4) is 0 Å². The Hall–Kier alpha value is -3.41. The first-order chi connectivity index (χ1) is 14.7. The van der Waals surface area contributed by atoms with E-state index in [0.29, 0.717) is 28.9 Å². The molecular formula is C24H24N4O2. The molecule has 0 spiro atoms. The molecule has 1 amide bonds. The Balaban J connectivity index is 1.70. The number of carbonyl (C=O) groups excluding carboxylic acids is 1. The largest absolute Gasteiger partial charge is 0.337 e. The summed E-state index contributed by atoms with van der Waals surface area (Å²) in [6, 6.07) is 17.2. The van der Waals surface area contributed by atoms with Crippen LogP contribution in [0, 0.1) is 0 Å². The van der Waals surface area contributed by atoms with Gasteiger partial charge in [-0.2, -0.15) is 0 Å². The fourth-order valence-electron chi connectivity index (χ4n) is 4.29. The van der Waals surface area contributed by atoms with Gasteiger partial charge in [-0.1, -0.05) is 49.2 Å². The van der Waals surface area contributed by atoms with Gasteiger partial charge in [0.25, 0.3) is 11.5 Å². The fourth-order valence-corrected chi connectivity index (χ4v) is 4.29. The molecule has 1 aromatic carbocycles. The summed E-state index contributed by atoms with van der Waals surface area (Å²) in [5.41, 5.74) is 2.60. The minimum absolute atomic E-state index is 0.0145. The van der Waals surface area contributed by atoms with Crippen molar-refractivity contribution in [3.05, 3.63) is 82.4 Å². The predicted octanol–water partition coefficient (Wildman–Crippen LogP) is 3.71. The number of hydrogen-bond donors (Lipinski definition) is 0. The molecule has 30 heavy (non-hydrogen) atoms. The van der Waals surface area contributed by atoms with Gasteiger partial charge in [0.05, 0.1) is 5.39 Å². The van der Waals surface area contributed by atoms with Gasteiger partial charge in [0.2, 0.25) is 0 Å². The summed E-state index contributed by atoms with van der Waals surface area (Å²) in [5.74, 6) is -0.0145. The number of aromatic nitrogens is 3. The van der Waals surface area contributed by atoms with E-state index in [9.17, 15) is 9.59 Å². The second-order valence-electron chi connectivity index (χ2n) is 7.89. The number of hydrogen-bond acceptors (Lipinski definition) is 3. The summed E-state index contributed by atoms with van der Waals surface area (Å²) in [4.78, 5) is 33.3. The quantitative estimate of drug-likeness (QED) is 0.527. The van der Waals surface area contributed by atoms with Crippen LogP contribution in [0.3, 0.4) is 0 Å². The van der Waals surface area contributed by atoms with E-state index < -0.39 is 0 Å². The molecule has 0 saturated carbocycles. The molecule has 152 valence electrons. The van der Waals surface area contributed by atoms with Gasteiger partial charge in [-0.15, -0.1) is 0 Å². The van der Waals surface area contributed by atoms with Crippen molar-refractivity contribution < 1.29 is 4.79 Å². The Bertz CT molecular complexity index is 1270. The van der Waals surface area contributed by atoms with Crippen LogP contribution in [0.5, 0.6) is 0 Å². The van der Waals surface area contributed by atoms with Crippen molar-refractivity contribution in [2.45, 2.75) is 32.2 Å². The second kappa shape index (κ2) is 7.78. The Kier molecular flexibility index (Phi) is 4.83. The molecule has 0 radical (unpaired) electrons. The highest BCUT2D eigenvalue weighted by Crippen LogP contribution is 2.21. The summed E-state index contributed by atoms with van der Waals surface area (Å²) in [6.45, 7) is 2.02. The molecule has 1 fully saturated rings. The standard InChI is InChI=1S/C24H24N4O2/c29-23-19-16-20(24(30)26-13-7-1-2-8-14-26)28(17-18-10-4-3-5-11-18)22(19)25-21-12-6-9-15-27(21)23/h3-6,9-12,15-16H,1-2,7-8,13-14,17H2. The molecule has 0 aliphatic carbocycles. The summed E-state index contributed by atoms with van der Waals surface area (Å²) >= 11 is 0. The molecule has 6 heteroatoms. The van der Waals surface area contributed by atoms with E-state index in [0.717, 1.165) is 44.3 Å². The van der Waals surface area contributed by atoms with Crippen molar-refractivity contribution in [2.75, 3.05) is 13.1 Å². The van der Waals surface area contributed by atoms with E-state index in [1.165, 1.54) is 4.40 Å². The molecule has 0 atom stereocenters. The van der Waals surface area contributed by atoms with Crippen LogP contribution < -0.4 is 5.56 Å². The van der Waals surface area contributed by atoms with Gasteiger partial charge < -0.3 is 9.47 Å². The Morgan fingerprint density at radius 1 is 0.933 bits per heavy atom. The zero-order valence-corrected chi connectivity index (χ0v) is 16.8. The van der Waals surface area contributed by atoms with Crippen LogP contribution in [0.1, 0.15) is 41.7 Å². The smallest absolute Gasteiger partial charge is 0.270 e. The van der Waals surface area contributed by atoms with Gasteiger partial charge in [0, 0.05) is 25.8 Å². The van der Waals surface area contributed by atoms with Gasteiger partial charge in [-0.3, -0.25) is 14.0 Å². The number of benzene rings is 1. The van der Waals surface area contributed by atoms with E-state index in [4.69, 9.17) is 4.98 Å². The van der Waals surface area contributed by atoms with Crippen molar-refractivity contribution in [3.63, 3.8) is 0 Å². The van der Waals surface area contributed by atoms with Crippen molar-refractivity contribution in [1.82, 2.24) is 18.9 Å². The number of fused-ring (bicyclic) bond motifs is 2. The third kappa shape index (κ3) is 3.28. The lowest BCUT2D eigenvalue weighted by Gasteiger charge is -2.21. The molecule has 3 aromatic heterocycles. The van der Waals surface area contributed by atoms with Crippen LogP contribution in [0.25, 0.3) is 16.7 Å². The van der Waals surface area contributed by atoms with Crippen LogP contribution in [-0.2, 0) is 6.54 Å². The van der Waals surface area contributed by atoms with Gasteiger partial charge in [-0.25, -0.2) is 4.98 Å². The van der Waals surface area contributed by atoms with Crippen LogP contribution >= 0.6 is 0 Å².